The van der Waals surface area contributed by atoms with Crippen LogP contribution in [0.2, 0.25) is 10.0 Å². The van der Waals surface area contributed by atoms with E-state index < -0.39 is 0 Å². The third-order valence-electron chi connectivity index (χ3n) is 5.93. The number of halogens is 2. The Morgan fingerprint density at radius 3 is 2.50 bits per heavy atom. The first-order chi connectivity index (χ1) is 12.3. The van der Waals surface area contributed by atoms with Gasteiger partial charge in [-0.2, -0.15) is 0 Å². The van der Waals surface area contributed by atoms with Gasteiger partial charge in [-0.25, -0.2) is 4.98 Å². The molecule has 2 aliphatic rings. The number of anilines is 1. The van der Waals surface area contributed by atoms with Crippen molar-refractivity contribution in [2.45, 2.75) is 39.2 Å². The second kappa shape index (κ2) is 6.25. The smallest absolute Gasteiger partial charge is 0.263 e. The molecule has 138 valence electrons. The first-order valence-corrected chi connectivity index (χ1v) is 9.65. The molecule has 0 radical (unpaired) electrons. The van der Waals surface area contributed by atoms with Gasteiger partial charge in [-0.15, -0.1) is 0 Å². The van der Waals surface area contributed by atoms with Crippen molar-refractivity contribution in [1.29, 1.82) is 0 Å². The maximum Gasteiger partial charge on any atom is 0.263 e. The summed E-state index contributed by atoms with van der Waals surface area (Å²) in [6.45, 7) is 5.43. The minimum atomic E-state index is -0.111. The molecule has 7 heteroatoms. The highest BCUT2D eigenvalue weighted by Gasteiger charge is 2.52. The van der Waals surface area contributed by atoms with Crippen LogP contribution in [0.4, 0.5) is 5.82 Å². The summed E-state index contributed by atoms with van der Waals surface area (Å²) in [6.07, 6.45) is 3.26. The van der Waals surface area contributed by atoms with Crippen molar-refractivity contribution in [3.8, 4) is 5.69 Å². The van der Waals surface area contributed by atoms with Crippen molar-refractivity contribution < 1.29 is 0 Å². The van der Waals surface area contributed by atoms with E-state index in [0.29, 0.717) is 38.6 Å². The highest BCUT2D eigenvalue weighted by atomic mass is 35.5. The lowest BCUT2D eigenvalue weighted by Gasteiger charge is -2.34. The van der Waals surface area contributed by atoms with Gasteiger partial charge in [-0.3, -0.25) is 9.36 Å². The minimum Gasteiger partial charge on any atom is -0.356 e. The fourth-order valence-electron chi connectivity index (χ4n) is 4.07. The number of nitrogens with two attached hydrogens (primary N) is 1. The third kappa shape index (κ3) is 2.73. The molecule has 1 saturated carbocycles. The first kappa shape index (κ1) is 17.8. The van der Waals surface area contributed by atoms with Crippen LogP contribution in [0.5, 0.6) is 0 Å². The Kier molecular flexibility index (Phi) is 4.29. The Balaban J connectivity index is 1.72. The van der Waals surface area contributed by atoms with Gasteiger partial charge in [0.2, 0.25) is 0 Å². The molecule has 2 fully saturated rings. The number of rotatable bonds is 2. The molecule has 26 heavy (non-hydrogen) atoms. The van der Waals surface area contributed by atoms with Gasteiger partial charge >= 0.3 is 0 Å². The van der Waals surface area contributed by atoms with Crippen LogP contribution >= 0.6 is 23.2 Å². The summed E-state index contributed by atoms with van der Waals surface area (Å²) in [6, 6.07) is 5.61. The fraction of sp³-hybridized carbons (Fsp3) is 0.474. The second-order valence-electron chi connectivity index (χ2n) is 7.48. The topological polar surface area (TPSA) is 64.2 Å². The Bertz CT molecular complexity index is 932. The summed E-state index contributed by atoms with van der Waals surface area (Å²) >= 11 is 12.4. The molecule has 1 saturated heterocycles. The molecular weight excluding hydrogens is 371 g/mol. The van der Waals surface area contributed by atoms with Crippen LogP contribution in [-0.2, 0) is 0 Å². The standard InChI is InChI=1S/C19H22Cl2N4O/c1-11-17(24-8-6-19(7-9-24)10-15(19)22)23-12(2)25(18(11)26)14-5-3-4-13(20)16(14)21/h3-5,15H,6-10,22H2,1-2H3. The van der Waals surface area contributed by atoms with E-state index in [4.69, 9.17) is 33.9 Å². The van der Waals surface area contributed by atoms with Crippen molar-refractivity contribution >= 4 is 29.0 Å². The Morgan fingerprint density at radius 1 is 1.23 bits per heavy atom. The van der Waals surface area contributed by atoms with Gasteiger partial charge in [0.1, 0.15) is 11.6 Å². The van der Waals surface area contributed by atoms with Gasteiger partial charge < -0.3 is 10.6 Å². The zero-order chi connectivity index (χ0) is 18.6. The monoisotopic (exact) mass is 392 g/mol. The van der Waals surface area contributed by atoms with E-state index in [1.807, 2.05) is 13.8 Å². The van der Waals surface area contributed by atoms with Crippen molar-refractivity contribution in [2.24, 2.45) is 11.1 Å². The summed E-state index contributed by atoms with van der Waals surface area (Å²) in [7, 11) is 0. The van der Waals surface area contributed by atoms with Crippen LogP contribution in [0.15, 0.2) is 23.0 Å². The van der Waals surface area contributed by atoms with Gasteiger partial charge in [-0.1, -0.05) is 29.3 Å². The molecule has 1 unspecified atom stereocenters. The summed E-state index contributed by atoms with van der Waals surface area (Å²) in [5.74, 6) is 1.37. The molecule has 5 nitrogen and oxygen atoms in total. The van der Waals surface area contributed by atoms with Gasteiger partial charge in [0.05, 0.1) is 21.3 Å². The maximum absolute atomic E-state index is 13.1. The highest BCUT2D eigenvalue weighted by Crippen LogP contribution is 2.52. The predicted molar refractivity (Wildman–Crippen MR) is 106 cm³/mol. The Morgan fingerprint density at radius 2 is 1.88 bits per heavy atom. The van der Waals surface area contributed by atoms with Crippen molar-refractivity contribution in [2.75, 3.05) is 18.0 Å². The molecule has 1 spiro atoms. The lowest BCUT2D eigenvalue weighted by molar-refractivity contribution is 0.369. The summed E-state index contributed by atoms with van der Waals surface area (Å²) in [5, 5.41) is 0.773. The SMILES string of the molecule is Cc1c(N2CCC3(CC2)CC3N)nc(C)n(-c2cccc(Cl)c2Cl)c1=O. The predicted octanol–water partition coefficient (Wildman–Crippen LogP) is 3.47. The zero-order valence-corrected chi connectivity index (χ0v) is 16.4. The molecule has 2 aromatic rings. The minimum absolute atomic E-state index is 0.111. The Hall–Kier alpha value is -1.56. The molecule has 1 atom stereocenters. The Labute approximate surface area is 162 Å². The van der Waals surface area contributed by atoms with Crippen LogP contribution < -0.4 is 16.2 Å². The lowest BCUT2D eigenvalue weighted by atomic mass is 9.92. The number of benzene rings is 1. The molecule has 1 aliphatic carbocycles. The quantitative estimate of drug-likeness (QED) is 0.849. The molecule has 2 heterocycles. The van der Waals surface area contributed by atoms with Gasteiger partial charge in [0.15, 0.2) is 0 Å². The van der Waals surface area contributed by atoms with E-state index in [1.165, 1.54) is 4.57 Å². The van der Waals surface area contributed by atoms with E-state index in [9.17, 15) is 4.79 Å². The normalized spacial score (nSPS) is 21.3. The maximum atomic E-state index is 13.1. The van der Waals surface area contributed by atoms with Crippen molar-refractivity contribution in [1.82, 2.24) is 9.55 Å². The number of hydrogen-bond acceptors (Lipinski definition) is 4. The summed E-state index contributed by atoms with van der Waals surface area (Å²) in [4.78, 5) is 20.0. The fourth-order valence-corrected chi connectivity index (χ4v) is 4.45. The molecular formula is C19H22Cl2N4O. The van der Waals surface area contributed by atoms with Crippen LogP contribution in [0.3, 0.4) is 0 Å². The van der Waals surface area contributed by atoms with Crippen LogP contribution in [0, 0.1) is 19.3 Å². The number of aryl methyl sites for hydroxylation is 1. The van der Waals surface area contributed by atoms with Gasteiger partial charge in [0.25, 0.3) is 5.56 Å². The second-order valence-corrected chi connectivity index (χ2v) is 8.27. The molecule has 4 rings (SSSR count). The summed E-state index contributed by atoms with van der Waals surface area (Å²) in [5.41, 5.74) is 7.51. The van der Waals surface area contributed by atoms with Crippen LogP contribution in [-0.4, -0.2) is 28.7 Å². The largest absolute Gasteiger partial charge is 0.356 e. The van der Waals surface area contributed by atoms with Crippen molar-refractivity contribution in [3.63, 3.8) is 0 Å². The first-order valence-electron chi connectivity index (χ1n) is 8.89. The third-order valence-corrected chi connectivity index (χ3v) is 6.74. The zero-order valence-electron chi connectivity index (χ0n) is 14.9. The van der Waals surface area contributed by atoms with E-state index in [0.717, 1.165) is 38.2 Å². The molecule has 2 N–H and O–H groups in total. The molecule has 0 amide bonds. The average Bonchev–Trinajstić information content (AvgIpc) is 3.24. The van der Waals surface area contributed by atoms with E-state index >= 15 is 0 Å². The number of aromatic nitrogens is 2. The lowest BCUT2D eigenvalue weighted by Crippen LogP contribution is -2.39. The van der Waals surface area contributed by atoms with E-state index in [1.54, 1.807) is 18.2 Å². The highest BCUT2D eigenvalue weighted by molar-refractivity contribution is 6.43. The average molecular weight is 393 g/mol. The molecule has 1 aromatic heterocycles. The number of hydrogen-bond donors (Lipinski definition) is 1. The molecule has 0 bridgehead atoms. The van der Waals surface area contributed by atoms with E-state index in [-0.39, 0.29) is 5.56 Å². The number of nitrogens with zero attached hydrogens (tertiary/aromatic N) is 3. The van der Waals surface area contributed by atoms with Crippen LogP contribution in [0.25, 0.3) is 5.69 Å². The number of piperidine rings is 1. The van der Waals surface area contributed by atoms with Crippen molar-refractivity contribution in [3.05, 3.63) is 50.0 Å². The summed E-state index contributed by atoms with van der Waals surface area (Å²) < 4.78 is 1.54. The van der Waals surface area contributed by atoms with E-state index in [2.05, 4.69) is 4.90 Å². The van der Waals surface area contributed by atoms with Gasteiger partial charge in [0, 0.05) is 19.1 Å². The van der Waals surface area contributed by atoms with Gasteiger partial charge in [-0.05, 0) is 50.7 Å². The molecule has 1 aromatic carbocycles. The molecule has 1 aliphatic heterocycles. The van der Waals surface area contributed by atoms with Crippen LogP contribution in [0.1, 0.15) is 30.7 Å².